The molecule has 1 aliphatic rings. The maximum atomic E-state index is 14.7. The summed E-state index contributed by atoms with van der Waals surface area (Å²) in [7, 11) is 0. The van der Waals surface area contributed by atoms with Crippen molar-refractivity contribution in [1.29, 1.82) is 0 Å². The molecule has 1 aliphatic heterocycles. The van der Waals surface area contributed by atoms with Crippen LogP contribution < -0.4 is 4.74 Å². The number of hydrogen-bond acceptors (Lipinski definition) is 3. The fourth-order valence-corrected chi connectivity index (χ4v) is 3.33. The van der Waals surface area contributed by atoms with Crippen molar-refractivity contribution in [3.05, 3.63) is 53.3 Å². The fraction of sp³-hybridized carbons (Fsp3) is 0.429. The minimum Gasteiger partial charge on any atom is -0.491 e. The van der Waals surface area contributed by atoms with E-state index < -0.39 is 17.5 Å². The molecule has 0 aliphatic carbocycles. The summed E-state index contributed by atoms with van der Waals surface area (Å²) in [6, 6.07) is 7.12. The van der Waals surface area contributed by atoms with Crippen molar-refractivity contribution in [2.45, 2.75) is 38.9 Å². The van der Waals surface area contributed by atoms with Crippen LogP contribution in [0.4, 0.5) is 13.2 Å². The van der Waals surface area contributed by atoms with Crippen LogP contribution in [0.15, 0.2) is 30.3 Å². The van der Waals surface area contributed by atoms with Crippen LogP contribution >= 0.6 is 0 Å². The lowest BCUT2D eigenvalue weighted by Gasteiger charge is -2.29. The van der Waals surface area contributed by atoms with Crippen molar-refractivity contribution < 1.29 is 27.4 Å². The molecule has 146 valence electrons. The molecule has 2 unspecified atom stereocenters. The van der Waals surface area contributed by atoms with Gasteiger partial charge in [-0.2, -0.15) is 0 Å². The van der Waals surface area contributed by atoms with E-state index >= 15 is 0 Å². The van der Waals surface area contributed by atoms with E-state index in [-0.39, 0.29) is 41.3 Å². The summed E-state index contributed by atoms with van der Waals surface area (Å²) < 4.78 is 59.6. The van der Waals surface area contributed by atoms with Gasteiger partial charge in [-0.25, -0.2) is 13.2 Å². The van der Waals surface area contributed by atoms with Crippen molar-refractivity contribution >= 4 is 0 Å². The lowest BCUT2D eigenvalue weighted by Crippen LogP contribution is -2.27. The molecule has 2 atom stereocenters. The highest BCUT2D eigenvalue weighted by molar-refractivity contribution is 5.66. The molecule has 3 nitrogen and oxygen atoms in total. The molecule has 0 spiro atoms. The van der Waals surface area contributed by atoms with E-state index in [1.165, 1.54) is 18.2 Å². The average Bonchev–Trinajstić information content (AvgIpc) is 2.67. The van der Waals surface area contributed by atoms with Crippen LogP contribution in [-0.2, 0) is 9.47 Å². The molecular formula is C21H23F3O3. The molecule has 1 saturated heterocycles. The Morgan fingerprint density at radius 3 is 2.44 bits per heavy atom. The van der Waals surface area contributed by atoms with Crippen molar-refractivity contribution in [3.8, 4) is 16.9 Å². The minimum atomic E-state index is -0.983. The molecule has 0 bridgehead atoms. The van der Waals surface area contributed by atoms with Crippen molar-refractivity contribution in [2.24, 2.45) is 0 Å². The maximum absolute atomic E-state index is 14.7. The maximum Gasteiger partial charge on any atom is 0.166 e. The highest BCUT2D eigenvalue weighted by Gasteiger charge is 2.27. The molecule has 2 aromatic rings. The number of benzene rings is 2. The van der Waals surface area contributed by atoms with Gasteiger partial charge in [-0.05, 0) is 49.9 Å². The summed E-state index contributed by atoms with van der Waals surface area (Å²) >= 11 is 0. The van der Waals surface area contributed by atoms with Crippen LogP contribution in [0.5, 0.6) is 5.75 Å². The molecule has 2 aromatic carbocycles. The second kappa shape index (κ2) is 8.76. The zero-order chi connectivity index (χ0) is 19.4. The van der Waals surface area contributed by atoms with Gasteiger partial charge in [-0.3, -0.25) is 0 Å². The van der Waals surface area contributed by atoms with Crippen LogP contribution in [0.2, 0.25) is 0 Å². The second-order valence-electron chi connectivity index (χ2n) is 6.40. The van der Waals surface area contributed by atoms with Gasteiger partial charge in [-0.15, -0.1) is 0 Å². The Hall–Kier alpha value is -2.05. The molecule has 27 heavy (non-hydrogen) atoms. The van der Waals surface area contributed by atoms with Crippen LogP contribution in [0.1, 0.15) is 38.2 Å². The van der Waals surface area contributed by atoms with Gasteiger partial charge in [0.15, 0.2) is 29.5 Å². The Bertz CT molecular complexity index is 786. The van der Waals surface area contributed by atoms with E-state index in [0.717, 1.165) is 6.07 Å². The molecule has 0 saturated carbocycles. The highest BCUT2D eigenvalue weighted by atomic mass is 19.2. The van der Waals surface area contributed by atoms with E-state index in [1.54, 1.807) is 13.0 Å². The highest BCUT2D eigenvalue weighted by Crippen LogP contribution is 2.35. The number of rotatable bonds is 6. The summed E-state index contributed by atoms with van der Waals surface area (Å²) in [5, 5.41) is 0. The largest absolute Gasteiger partial charge is 0.491 e. The third-order valence-corrected chi connectivity index (χ3v) is 4.68. The van der Waals surface area contributed by atoms with Gasteiger partial charge in [0.25, 0.3) is 0 Å². The van der Waals surface area contributed by atoms with Gasteiger partial charge in [0.05, 0.1) is 13.2 Å². The molecular weight excluding hydrogens is 357 g/mol. The summed E-state index contributed by atoms with van der Waals surface area (Å²) in [5.41, 5.74) is 0.551. The van der Waals surface area contributed by atoms with Crippen molar-refractivity contribution in [3.63, 3.8) is 0 Å². The Kier molecular flexibility index (Phi) is 6.39. The molecule has 0 N–H and O–H groups in total. The summed E-state index contributed by atoms with van der Waals surface area (Å²) in [4.78, 5) is 0. The Balaban J connectivity index is 1.82. The predicted octanol–water partition coefficient (Wildman–Crippen LogP) is 5.43. The van der Waals surface area contributed by atoms with E-state index in [1.807, 2.05) is 6.92 Å². The van der Waals surface area contributed by atoms with E-state index in [4.69, 9.17) is 14.2 Å². The van der Waals surface area contributed by atoms with E-state index in [2.05, 4.69) is 0 Å². The number of halogens is 3. The minimum absolute atomic E-state index is 0.0159. The van der Waals surface area contributed by atoms with Crippen molar-refractivity contribution in [2.75, 3.05) is 19.8 Å². The SMILES string of the molecule is CCOc1ccc(-c2ccc(C3CCC(OCC)OC3)c(F)c2F)cc1F. The topological polar surface area (TPSA) is 27.7 Å². The predicted molar refractivity (Wildman–Crippen MR) is 96.3 cm³/mol. The average molecular weight is 380 g/mol. The first-order valence-corrected chi connectivity index (χ1v) is 9.18. The Morgan fingerprint density at radius 2 is 1.81 bits per heavy atom. The zero-order valence-electron chi connectivity index (χ0n) is 15.4. The fourth-order valence-electron chi connectivity index (χ4n) is 3.33. The van der Waals surface area contributed by atoms with Crippen LogP contribution in [0.25, 0.3) is 11.1 Å². The van der Waals surface area contributed by atoms with Gasteiger partial charge in [0.1, 0.15) is 0 Å². The quantitative estimate of drug-likeness (QED) is 0.669. The van der Waals surface area contributed by atoms with Crippen LogP contribution in [0.3, 0.4) is 0 Å². The number of ether oxygens (including phenoxy) is 3. The zero-order valence-corrected chi connectivity index (χ0v) is 15.4. The van der Waals surface area contributed by atoms with Gasteiger partial charge >= 0.3 is 0 Å². The summed E-state index contributed by atoms with van der Waals surface area (Å²) in [6.07, 6.45) is 0.994. The van der Waals surface area contributed by atoms with Crippen molar-refractivity contribution in [1.82, 2.24) is 0 Å². The molecule has 1 heterocycles. The first-order chi connectivity index (χ1) is 13.0. The first-order valence-electron chi connectivity index (χ1n) is 9.18. The summed E-state index contributed by atoms with van der Waals surface area (Å²) in [6.45, 7) is 4.77. The van der Waals surface area contributed by atoms with Gasteiger partial charge in [-0.1, -0.05) is 18.2 Å². The molecule has 6 heteroatoms. The van der Waals surface area contributed by atoms with Crippen LogP contribution in [0, 0.1) is 17.5 Å². The normalized spacial score (nSPS) is 19.9. The smallest absolute Gasteiger partial charge is 0.166 e. The summed E-state index contributed by atoms with van der Waals surface area (Å²) in [5.74, 6) is -2.65. The standard InChI is InChI=1S/C21H23F3O3/c1-3-25-18-9-5-13(11-17(18)22)15-7-8-16(21(24)20(15)23)14-6-10-19(26-4-2)27-12-14/h5,7-9,11,14,19H,3-4,6,10,12H2,1-2H3. The third-order valence-electron chi connectivity index (χ3n) is 4.68. The van der Waals surface area contributed by atoms with Gasteiger partial charge in [0, 0.05) is 18.1 Å². The van der Waals surface area contributed by atoms with E-state index in [9.17, 15) is 13.2 Å². The monoisotopic (exact) mass is 380 g/mol. The van der Waals surface area contributed by atoms with Gasteiger partial charge in [0.2, 0.25) is 0 Å². The molecule has 0 aromatic heterocycles. The second-order valence-corrected chi connectivity index (χ2v) is 6.40. The number of hydrogen-bond donors (Lipinski definition) is 0. The molecule has 1 fully saturated rings. The van der Waals surface area contributed by atoms with E-state index in [0.29, 0.717) is 26.1 Å². The first kappa shape index (κ1) is 19.7. The van der Waals surface area contributed by atoms with Gasteiger partial charge < -0.3 is 14.2 Å². The Morgan fingerprint density at radius 1 is 1.00 bits per heavy atom. The molecule has 0 amide bonds. The third kappa shape index (κ3) is 4.28. The molecule has 0 radical (unpaired) electrons. The molecule has 3 rings (SSSR count). The van der Waals surface area contributed by atoms with Crippen LogP contribution in [-0.4, -0.2) is 26.1 Å². The lowest BCUT2D eigenvalue weighted by atomic mass is 9.90. The Labute approximate surface area is 157 Å². The lowest BCUT2D eigenvalue weighted by molar-refractivity contribution is -0.164.